The number of hydrogen-bond donors (Lipinski definition) is 2. The van der Waals surface area contributed by atoms with Gasteiger partial charge in [-0.2, -0.15) is 0 Å². The fraction of sp³-hybridized carbons (Fsp3) is 0.208. The standard InChI is InChI=1S/C24H22N4O2/c1-28-21-12-18(13-25-22(21)27-24(28)30)16-8-5-9-17(10-16)23(29)26-14-19-11-20(19)15-6-3-2-4-7-15/h2-10,12-13,19-20H,11,14H2,1H3,(H,26,29)(H,25,27,30)/t19-,20+/m0/s1. The molecule has 1 saturated carbocycles. The number of carbonyl (C=O) groups is 1. The summed E-state index contributed by atoms with van der Waals surface area (Å²) in [5, 5.41) is 3.08. The fourth-order valence-electron chi connectivity index (χ4n) is 4.01. The molecule has 0 aliphatic heterocycles. The van der Waals surface area contributed by atoms with Crippen LogP contribution in [-0.2, 0) is 7.05 Å². The molecule has 2 heterocycles. The van der Waals surface area contributed by atoms with Gasteiger partial charge in [-0.1, -0.05) is 42.5 Å². The van der Waals surface area contributed by atoms with Crippen molar-refractivity contribution in [1.29, 1.82) is 0 Å². The van der Waals surface area contributed by atoms with Crippen molar-refractivity contribution in [3.05, 3.63) is 88.5 Å². The summed E-state index contributed by atoms with van der Waals surface area (Å²) in [6.07, 6.45) is 2.83. The Morgan fingerprint density at radius 3 is 2.80 bits per heavy atom. The van der Waals surface area contributed by atoms with E-state index in [4.69, 9.17) is 0 Å². The summed E-state index contributed by atoms with van der Waals surface area (Å²) in [6.45, 7) is 0.682. The Morgan fingerprint density at radius 2 is 1.97 bits per heavy atom. The summed E-state index contributed by atoms with van der Waals surface area (Å²) < 4.78 is 1.53. The molecule has 2 aromatic carbocycles. The number of aryl methyl sites for hydroxylation is 1. The molecule has 2 atom stereocenters. The lowest BCUT2D eigenvalue weighted by molar-refractivity contribution is 0.0951. The molecule has 1 aliphatic rings. The Hall–Kier alpha value is -3.67. The molecule has 2 aromatic heterocycles. The lowest BCUT2D eigenvalue weighted by atomic mass is 10.0. The van der Waals surface area contributed by atoms with Crippen molar-refractivity contribution in [3.8, 4) is 11.1 Å². The van der Waals surface area contributed by atoms with E-state index in [1.54, 1.807) is 13.2 Å². The van der Waals surface area contributed by atoms with E-state index < -0.39 is 0 Å². The minimum absolute atomic E-state index is 0.0707. The average Bonchev–Trinajstić information content (AvgIpc) is 3.51. The third-order valence-electron chi connectivity index (χ3n) is 5.89. The van der Waals surface area contributed by atoms with Crippen molar-refractivity contribution in [1.82, 2.24) is 19.9 Å². The Bertz CT molecular complexity index is 1290. The fourth-order valence-corrected chi connectivity index (χ4v) is 4.01. The number of aromatic amines is 1. The Morgan fingerprint density at radius 1 is 1.13 bits per heavy atom. The van der Waals surface area contributed by atoms with Gasteiger partial charge in [0.1, 0.15) is 0 Å². The number of hydrogen-bond acceptors (Lipinski definition) is 3. The van der Waals surface area contributed by atoms with Gasteiger partial charge in [0.05, 0.1) is 5.52 Å². The van der Waals surface area contributed by atoms with Crippen LogP contribution in [0.4, 0.5) is 0 Å². The van der Waals surface area contributed by atoms with Gasteiger partial charge in [0.25, 0.3) is 5.91 Å². The van der Waals surface area contributed by atoms with E-state index in [1.165, 1.54) is 10.1 Å². The quantitative estimate of drug-likeness (QED) is 0.540. The molecule has 5 rings (SSSR count). The van der Waals surface area contributed by atoms with Crippen molar-refractivity contribution in [2.45, 2.75) is 12.3 Å². The first-order chi connectivity index (χ1) is 14.6. The van der Waals surface area contributed by atoms with Crippen LogP contribution >= 0.6 is 0 Å². The van der Waals surface area contributed by atoms with Crippen molar-refractivity contribution in [2.24, 2.45) is 13.0 Å². The number of H-pyrrole nitrogens is 1. The second kappa shape index (κ2) is 7.30. The second-order valence-corrected chi connectivity index (χ2v) is 7.88. The number of rotatable bonds is 5. The molecule has 0 saturated heterocycles. The maximum Gasteiger partial charge on any atom is 0.327 e. The zero-order chi connectivity index (χ0) is 20.7. The number of aromatic nitrogens is 3. The van der Waals surface area contributed by atoms with Crippen LogP contribution in [0.1, 0.15) is 28.3 Å². The predicted molar refractivity (Wildman–Crippen MR) is 116 cm³/mol. The van der Waals surface area contributed by atoms with E-state index in [9.17, 15) is 9.59 Å². The highest BCUT2D eigenvalue weighted by molar-refractivity contribution is 5.95. The van der Waals surface area contributed by atoms with Crippen LogP contribution in [0.25, 0.3) is 22.3 Å². The third kappa shape index (κ3) is 3.41. The minimum Gasteiger partial charge on any atom is -0.352 e. The Labute approximate surface area is 173 Å². The molecule has 30 heavy (non-hydrogen) atoms. The average molecular weight is 398 g/mol. The van der Waals surface area contributed by atoms with Crippen LogP contribution in [-0.4, -0.2) is 27.0 Å². The Balaban J connectivity index is 1.30. The zero-order valence-electron chi connectivity index (χ0n) is 16.6. The summed E-state index contributed by atoms with van der Waals surface area (Å²) in [5.74, 6) is 0.975. The number of nitrogens with zero attached hydrogens (tertiary/aromatic N) is 2. The van der Waals surface area contributed by atoms with Crippen molar-refractivity contribution in [2.75, 3.05) is 6.54 Å². The van der Waals surface area contributed by atoms with Crippen LogP contribution in [0.2, 0.25) is 0 Å². The van der Waals surface area contributed by atoms with Crippen LogP contribution in [0.5, 0.6) is 0 Å². The number of pyridine rings is 1. The number of amides is 1. The van der Waals surface area contributed by atoms with Gasteiger partial charge >= 0.3 is 5.69 Å². The van der Waals surface area contributed by atoms with Crippen molar-refractivity contribution >= 4 is 17.1 Å². The molecule has 0 spiro atoms. The van der Waals surface area contributed by atoms with Gasteiger partial charge in [0.15, 0.2) is 5.65 Å². The molecule has 2 N–H and O–H groups in total. The summed E-state index contributed by atoms with van der Waals surface area (Å²) in [6, 6.07) is 19.9. The number of nitrogens with one attached hydrogen (secondary N) is 2. The lowest BCUT2D eigenvalue weighted by Gasteiger charge is -2.08. The van der Waals surface area contributed by atoms with E-state index in [1.807, 2.05) is 36.4 Å². The van der Waals surface area contributed by atoms with Gasteiger partial charge in [-0.05, 0) is 47.6 Å². The highest BCUT2D eigenvalue weighted by Crippen LogP contribution is 2.46. The molecule has 150 valence electrons. The zero-order valence-corrected chi connectivity index (χ0v) is 16.6. The van der Waals surface area contributed by atoms with Gasteiger partial charge in [-0.15, -0.1) is 0 Å². The first-order valence-corrected chi connectivity index (χ1v) is 10.1. The van der Waals surface area contributed by atoms with Gasteiger partial charge in [-0.25, -0.2) is 9.78 Å². The third-order valence-corrected chi connectivity index (χ3v) is 5.89. The topological polar surface area (TPSA) is 79.8 Å². The molecule has 0 radical (unpaired) electrons. The van der Waals surface area contributed by atoms with E-state index in [-0.39, 0.29) is 11.6 Å². The second-order valence-electron chi connectivity index (χ2n) is 7.88. The molecule has 1 aliphatic carbocycles. The van der Waals surface area contributed by atoms with Crippen molar-refractivity contribution < 1.29 is 4.79 Å². The number of imidazole rings is 1. The number of fused-ring (bicyclic) bond motifs is 1. The minimum atomic E-state index is -0.198. The van der Waals surface area contributed by atoms with E-state index in [2.05, 4.69) is 39.6 Å². The SMILES string of the molecule is Cn1c(=O)[nH]c2ncc(-c3cccc(C(=O)NC[C@@H]4C[C@@H]4c4ccccc4)c3)cc21. The molecule has 1 fully saturated rings. The molecule has 4 aromatic rings. The number of carbonyl (C=O) groups excluding carboxylic acids is 1. The molecule has 1 amide bonds. The maximum atomic E-state index is 12.7. The molecule has 6 nitrogen and oxygen atoms in total. The molecule has 0 bridgehead atoms. The monoisotopic (exact) mass is 398 g/mol. The summed E-state index contributed by atoms with van der Waals surface area (Å²) >= 11 is 0. The first kappa shape index (κ1) is 18.4. The first-order valence-electron chi connectivity index (χ1n) is 10.1. The highest BCUT2D eigenvalue weighted by atomic mass is 16.2. The molecule has 6 heteroatoms. The van der Waals surface area contributed by atoms with Gasteiger partial charge in [-0.3, -0.25) is 14.3 Å². The van der Waals surface area contributed by atoms with Crippen LogP contribution in [0.15, 0.2) is 71.7 Å². The molecular formula is C24H22N4O2. The maximum absolute atomic E-state index is 12.7. The van der Waals surface area contributed by atoms with E-state index in [0.29, 0.717) is 29.6 Å². The van der Waals surface area contributed by atoms with E-state index in [0.717, 1.165) is 23.1 Å². The Kier molecular flexibility index (Phi) is 4.47. The number of benzene rings is 2. The molecule has 0 unspecified atom stereocenters. The molecular weight excluding hydrogens is 376 g/mol. The lowest BCUT2D eigenvalue weighted by Crippen LogP contribution is -2.25. The van der Waals surface area contributed by atoms with Crippen molar-refractivity contribution in [3.63, 3.8) is 0 Å². The highest BCUT2D eigenvalue weighted by Gasteiger charge is 2.38. The van der Waals surface area contributed by atoms with Crippen LogP contribution in [0.3, 0.4) is 0 Å². The normalized spacial score (nSPS) is 17.8. The summed E-state index contributed by atoms with van der Waals surface area (Å²) in [5.41, 5.74) is 4.80. The summed E-state index contributed by atoms with van der Waals surface area (Å²) in [4.78, 5) is 31.5. The predicted octanol–water partition coefficient (Wildman–Crippen LogP) is 3.46. The largest absolute Gasteiger partial charge is 0.352 e. The smallest absolute Gasteiger partial charge is 0.327 e. The van der Waals surface area contributed by atoms with Crippen LogP contribution < -0.4 is 11.0 Å². The van der Waals surface area contributed by atoms with Gasteiger partial charge < -0.3 is 5.32 Å². The summed E-state index contributed by atoms with van der Waals surface area (Å²) in [7, 11) is 1.71. The van der Waals surface area contributed by atoms with Gasteiger partial charge in [0, 0.05) is 30.9 Å². The van der Waals surface area contributed by atoms with Crippen LogP contribution in [0, 0.1) is 5.92 Å². The van der Waals surface area contributed by atoms with Gasteiger partial charge in [0.2, 0.25) is 0 Å². The van der Waals surface area contributed by atoms with E-state index >= 15 is 0 Å².